The summed E-state index contributed by atoms with van der Waals surface area (Å²) in [6.07, 6.45) is 3.47. The van der Waals surface area contributed by atoms with Crippen LogP contribution in [0.15, 0.2) is 35.7 Å². The molecule has 0 saturated carbocycles. The summed E-state index contributed by atoms with van der Waals surface area (Å²) in [5, 5.41) is 3.37. The first kappa shape index (κ1) is 13.7. The number of rotatable bonds is 5. The summed E-state index contributed by atoms with van der Waals surface area (Å²) in [7, 11) is 0. The van der Waals surface area contributed by atoms with Crippen LogP contribution in [0.2, 0.25) is 0 Å². The molecule has 0 spiro atoms. The van der Waals surface area contributed by atoms with Gasteiger partial charge >= 0.3 is 0 Å². The average molecular weight is 287 g/mol. The van der Waals surface area contributed by atoms with Crippen molar-refractivity contribution in [3.05, 3.63) is 52.0 Å². The minimum atomic E-state index is 0.315. The maximum Gasteiger partial charge on any atom is 0.115 e. The van der Waals surface area contributed by atoms with Gasteiger partial charge in [0.25, 0.3) is 0 Å². The van der Waals surface area contributed by atoms with E-state index >= 15 is 0 Å². The second-order valence-corrected chi connectivity index (χ2v) is 6.16. The van der Waals surface area contributed by atoms with Gasteiger partial charge in [0.1, 0.15) is 5.01 Å². The van der Waals surface area contributed by atoms with Gasteiger partial charge in [-0.3, -0.25) is 4.90 Å². The number of thiazole rings is 1. The molecule has 3 rings (SSSR count). The van der Waals surface area contributed by atoms with Crippen molar-refractivity contribution in [3.8, 4) is 0 Å². The summed E-state index contributed by atoms with van der Waals surface area (Å²) in [6, 6.07) is 11.1. The van der Waals surface area contributed by atoms with Gasteiger partial charge in [-0.15, -0.1) is 11.3 Å². The molecular formula is C16H21N3S. The van der Waals surface area contributed by atoms with E-state index in [4.69, 9.17) is 10.7 Å². The van der Waals surface area contributed by atoms with E-state index in [-0.39, 0.29) is 0 Å². The molecule has 0 aliphatic carbocycles. The van der Waals surface area contributed by atoms with Gasteiger partial charge in [-0.25, -0.2) is 4.98 Å². The number of hydrogen-bond acceptors (Lipinski definition) is 4. The Morgan fingerprint density at radius 1 is 1.20 bits per heavy atom. The molecule has 4 heteroatoms. The van der Waals surface area contributed by atoms with Crippen molar-refractivity contribution in [2.75, 3.05) is 19.6 Å². The Bertz CT molecular complexity index is 532. The molecule has 1 aliphatic heterocycles. The number of nitrogens with zero attached hydrogens (tertiary/aromatic N) is 2. The van der Waals surface area contributed by atoms with Crippen LogP contribution in [0.1, 0.15) is 35.1 Å². The minimum Gasteiger partial charge on any atom is -0.330 e. The molecule has 20 heavy (non-hydrogen) atoms. The molecule has 1 fully saturated rings. The van der Waals surface area contributed by atoms with Crippen molar-refractivity contribution in [2.45, 2.75) is 25.3 Å². The fourth-order valence-electron chi connectivity index (χ4n) is 2.86. The maximum atomic E-state index is 5.63. The van der Waals surface area contributed by atoms with E-state index in [2.05, 4.69) is 40.6 Å². The SMILES string of the molecule is NCCc1csc(C(c2ccccc2)N2CCCC2)n1. The van der Waals surface area contributed by atoms with Gasteiger partial charge < -0.3 is 5.73 Å². The van der Waals surface area contributed by atoms with Gasteiger partial charge in [-0.1, -0.05) is 30.3 Å². The largest absolute Gasteiger partial charge is 0.330 e. The maximum absolute atomic E-state index is 5.63. The minimum absolute atomic E-state index is 0.315. The Kier molecular flexibility index (Phi) is 4.45. The van der Waals surface area contributed by atoms with E-state index in [1.807, 2.05) is 0 Å². The first-order valence-corrected chi connectivity index (χ1v) is 8.20. The van der Waals surface area contributed by atoms with Gasteiger partial charge in [0.05, 0.1) is 11.7 Å². The molecule has 2 aromatic rings. The van der Waals surface area contributed by atoms with Gasteiger partial charge in [0, 0.05) is 11.8 Å². The number of aromatic nitrogens is 1. The second-order valence-electron chi connectivity index (χ2n) is 5.27. The lowest BCUT2D eigenvalue weighted by Crippen LogP contribution is -2.26. The second kappa shape index (κ2) is 6.48. The predicted molar refractivity (Wildman–Crippen MR) is 84.0 cm³/mol. The topological polar surface area (TPSA) is 42.1 Å². The Morgan fingerprint density at radius 3 is 2.65 bits per heavy atom. The number of likely N-dealkylation sites (tertiary alicyclic amines) is 1. The Morgan fingerprint density at radius 2 is 1.95 bits per heavy atom. The van der Waals surface area contributed by atoms with Crippen LogP contribution in [-0.2, 0) is 6.42 Å². The fourth-order valence-corrected chi connectivity index (χ4v) is 3.87. The lowest BCUT2D eigenvalue weighted by Gasteiger charge is -2.26. The van der Waals surface area contributed by atoms with Crippen LogP contribution in [0.4, 0.5) is 0 Å². The third kappa shape index (κ3) is 2.92. The zero-order valence-electron chi connectivity index (χ0n) is 11.7. The van der Waals surface area contributed by atoms with Gasteiger partial charge in [0.2, 0.25) is 0 Å². The molecule has 1 aromatic carbocycles. The standard InChI is InChI=1S/C16H21N3S/c17-9-8-14-12-20-16(18-14)15(19-10-4-5-11-19)13-6-2-1-3-7-13/h1-3,6-7,12,15H,4-5,8-11,17H2. The van der Waals surface area contributed by atoms with Gasteiger partial charge in [-0.05, 0) is 38.0 Å². The molecule has 2 heterocycles. The summed E-state index contributed by atoms with van der Waals surface area (Å²) in [4.78, 5) is 7.37. The molecule has 106 valence electrons. The first-order valence-electron chi connectivity index (χ1n) is 7.32. The lowest BCUT2D eigenvalue weighted by molar-refractivity contribution is 0.280. The summed E-state index contributed by atoms with van der Waals surface area (Å²) in [5.74, 6) is 0. The monoisotopic (exact) mass is 287 g/mol. The highest BCUT2D eigenvalue weighted by molar-refractivity contribution is 7.09. The molecule has 0 bridgehead atoms. The van der Waals surface area contributed by atoms with Crippen molar-refractivity contribution >= 4 is 11.3 Å². The molecular weight excluding hydrogens is 266 g/mol. The van der Waals surface area contributed by atoms with Crippen LogP contribution >= 0.6 is 11.3 Å². The third-order valence-corrected chi connectivity index (χ3v) is 4.77. The molecule has 0 amide bonds. The van der Waals surface area contributed by atoms with Crippen LogP contribution in [-0.4, -0.2) is 29.5 Å². The van der Waals surface area contributed by atoms with Gasteiger partial charge in [0.15, 0.2) is 0 Å². The molecule has 1 saturated heterocycles. The fraction of sp³-hybridized carbons (Fsp3) is 0.438. The number of hydrogen-bond donors (Lipinski definition) is 1. The molecule has 1 aliphatic rings. The van der Waals surface area contributed by atoms with Crippen LogP contribution in [0.25, 0.3) is 0 Å². The highest BCUT2D eigenvalue weighted by atomic mass is 32.1. The first-order chi connectivity index (χ1) is 9.88. The van der Waals surface area contributed by atoms with Crippen molar-refractivity contribution in [1.82, 2.24) is 9.88 Å². The smallest absolute Gasteiger partial charge is 0.115 e. The van der Waals surface area contributed by atoms with E-state index < -0.39 is 0 Å². The molecule has 3 nitrogen and oxygen atoms in total. The van der Waals surface area contributed by atoms with Crippen molar-refractivity contribution in [1.29, 1.82) is 0 Å². The quantitative estimate of drug-likeness (QED) is 0.919. The van der Waals surface area contributed by atoms with E-state index in [0.29, 0.717) is 12.6 Å². The van der Waals surface area contributed by atoms with E-state index in [1.165, 1.54) is 36.5 Å². The average Bonchev–Trinajstić information content (AvgIpc) is 3.14. The molecule has 0 radical (unpaired) electrons. The van der Waals surface area contributed by atoms with Gasteiger partial charge in [-0.2, -0.15) is 0 Å². The summed E-state index contributed by atoms with van der Waals surface area (Å²) >= 11 is 1.77. The molecule has 1 atom stereocenters. The number of nitrogens with two attached hydrogens (primary N) is 1. The van der Waals surface area contributed by atoms with Crippen molar-refractivity contribution in [3.63, 3.8) is 0 Å². The zero-order chi connectivity index (χ0) is 13.8. The van der Waals surface area contributed by atoms with Crippen LogP contribution in [0.3, 0.4) is 0 Å². The highest BCUT2D eigenvalue weighted by Gasteiger charge is 2.27. The highest BCUT2D eigenvalue weighted by Crippen LogP contribution is 2.33. The predicted octanol–water partition coefficient (Wildman–Crippen LogP) is 2.83. The van der Waals surface area contributed by atoms with E-state index in [9.17, 15) is 0 Å². The van der Waals surface area contributed by atoms with Crippen LogP contribution in [0, 0.1) is 0 Å². The van der Waals surface area contributed by atoms with Crippen LogP contribution < -0.4 is 5.73 Å². The van der Waals surface area contributed by atoms with E-state index in [0.717, 1.165) is 12.1 Å². The Hall–Kier alpha value is -1.23. The lowest BCUT2D eigenvalue weighted by atomic mass is 10.1. The Labute approximate surface area is 124 Å². The Balaban J connectivity index is 1.91. The van der Waals surface area contributed by atoms with Crippen molar-refractivity contribution < 1.29 is 0 Å². The third-order valence-electron chi connectivity index (χ3n) is 3.83. The normalized spacial score (nSPS) is 17.4. The summed E-state index contributed by atoms with van der Waals surface area (Å²) in [6.45, 7) is 3.01. The molecule has 2 N–H and O–H groups in total. The summed E-state index contributed by atoms with van der Waals surface area (Å²) < 4.78 is 0. The molecule has 1 unspecified atom stereocenters. The van der Waals surface area contributed by atoms with Crippen LogP contribution in [0.5, 0.6) is 0 Å². The summed E-state index contributed by atoms with van der Waals surface area (Å²) in [5.41, 5.74) is 8.12. The van der Waals surface area contributed by atoms with E-state index in [1.54, 1.807) is 11.3 Å². The number of benzene rings is 1. The zero-order valence-corrected chi connectivity index (χ0v) is 12.5. The molecule has 1 aromatic heterocycles. The van der Waals surface area contributed by atoms with Crippen molar-refractivity contribution in [2.24, 2.45) is 5.73 Å².